The molecule has 0 saturated carbocycles. The molecule has 0 radical (unpaired) electrons. The maximum absolute atomic E-state index is 12.4. The van der Waals surface area contributed by atoms with E-state index in [1.165, 1.54) is 16.9 Å². The fourth-order valence-electron chi connectivity index (χ4n) is 2.18. The lowest BCUT2D eigenvalue weighted by atomic mass is 10.0. The molecule has 2 amide bonds. The van der Waals surface area contributed by atoms with Crippen LogP contribution in [-0.4, -0.2) is 30.7 Å². The van der Waals surface area contributed by atoms with E-state index in [0.29, 0.717) is 18.0 Å². The number of amides is 2. The fraction of sp³-hybridized carbons (Fsp3) is 0.368. The van der Waals surface area contributed by atoms with Gasteiger partial charge in [0.15, 0.2) is 0 Å². The molecule has 1 heterocycles. The van der Waals surface area contributed by atoms with E-state index in [2.05, 4.69) is 10.6 Å². The van der Waals surface area contributed by atoms with E-state index >= 15 is 0 Å². The lowest BCUT2D eigenvalue weighted by Crippen LogP contribution is -2.37. The molecule has 2 N–H and O–H groups in total. The predicted octanol–water partition coefficient (Wildman–Crippen LogP) is 3.98. The number of aryl methyl sites for hydroxylation is 1. The number of alkyl carbamates (subject to hydrolysis) is 1. The number of nitrogens with one attached hydrogen (secondary N) is 2. The highest BCUT2D eigenvalue weighted by Gasteiger charge is 2.16. The van der Waals surface area contributed by atoms with Gasteiger partial charge in [-0.2, -0.15) is 0 Å². The lowest BCUT2D eigenvalue weighted by Gasteiger charge is -2.19. The Hall–Kier alpha value is -2.34. The van der Waals surface area contributed by atoms with Crippen LogP contribution in [0.25, 0.3) is 11.1 Å². The summed E-state index contributed by atoms with van der Waals surface area (Å²) < 4.78 is 5.14. The van der Waals surface area contributed by atoms with Gasteiger partial charge < -0.3 is 15.4 Å². The van der Waals surface area contributed by atoms with Gasteiger partial charge in [0.25, 0.3) is 5.91 Å². The summed E-state index contributed by atoms with van der Waals surface area (Å²) in [4.78, 5) is 24.6. The molecule has 1 aromatic heterocycles. The molecule has 0 saturated heterocycles. The molecular formula is C19H24N2O3S. The molecule has 25 heavy (non-hydrogen) atoms. The summed E-state index contributed by atoms with van der Waals surface area (Å²) in [6.07, 6.45) is -0.488. The molecule has 0 bridgehead atoms. The Morgan fingerprint density at radius 3 is 2.32 bits per heavy atom. The number of rotatable bonds is 5. The van der Waals surface area contributed by atoms with Gasteiger partial charge in [0.05, 0.1) is 4.88 Å². The van der Waals surface area contributed by atoms with Gasteiger partial charge in [-0.15, -0.1) is 11.3 Å². The first-order valence-corrected chi connectivity index (χ1v) is 9.04. The van der Waals surface area contributed by atoms with Crippen LogP contribution in [-0.2, 0) is 4.74 Å². The zero-order valence-electron chi connectivity index (χ0n) is 15.0. The molecule has 0 aliphatic heterocycles. The van der Waals surface area contributed by atoms with Gasteiger partial charge in [0.2, 0.25) is 0 Å². The normalized spacial score (nSPS) is 11.0. The molecular weight excluding hydrogens is 336 g/mol. The summed E-state index contributed by atoms with van der Waals surface area (Å²) in [5, 5.41) is 7.35. The third kappa shape index (κ3) is 5.90. The van der Waals surface area contributed by atoms with Crippen LogP contribution in [0.1, 0.15) is 36.0 Å². The first kappa shape index (κ1) is 19.0. The Morgan fingerprint density at radius 1 is 1.04 bits per heavy atom. The van der Waals surface area contributed by atoms with Crippen molar-refractivity contribution in [3.8, 4) is 11.1 Å². The molecule has 134 valence electrons. The van der Waals surface area contributed by atoms with Gasteiger partial charge in [-0.1, -0.05) is 29.8 Å². The van der Waals surface area contributed by atoms with Crippen molar-refractivity contribution in [1.82, 2.24) is 10.6 Å². The lowest BCUT2D eigenvalue weighted by molar-refractivity contribution is 0.0526. The Morgan fingerprint density at radius 2 is 1.68 bits per heavy atom. The first-order chi connectivity index (χ1) is 11.8. The first-order valence-electron chi connectivity index (χ1n) is 8.16. The minimum absolute atomic E-state index is 0.142. The summed E-state index contributed by atoms with van der Waals surface area (Å²) in [6.45, 7) is 8.09. The van der Waals surface area contributed by atoms with E-state index in [4.69, 9.17) is 4.74 Å². The summed E-state index contributed by atoms with van der Waals surface area (Å²) in [7, 11) is 0. The van der Waals surface area contributed by atoms with Crippen molar-refractivity contribution in [2.75, 3.05) is 13.1 Å². The number of thiophene rings is 1. The molecule has 0 aliphatic carbocycles. The molecule has 0 unspecified atom stereocenters. The van der Waals surface area contributed by atoms with E-state index in [1.807, 2.05) is 42.6 Å². The molecule has 5 nitrogen and oxygen atoms in total. The molecule has 2 rings (SSSR count). The van der Waals surface area contributed by atoms with Crippen molar-refractivity contribution in [3.63, 3.8) is 0 Å². The number of hydrogen-bond acceptors (Lipinski definition) is 4. The molecule has 0 atom stereocenters. The third-order valence-corrected chi connectivity index (χ3v) is 4.23. The standard InChI is InChI=1S/C19H24N2O3S/c1-13-5-7-14(8-6-13)15-9-12-25-16(15)17(22)20-10-11-21-18(23)24-19(2,3)4/h5-9,12H,10-11H2,1-4H3,(H,20,22)(H,21,23). The Kier molecular flexibility index (Phi) is 6.20. The molecule has 0 aliphatic rings. The maximum Gasteiger partial charge on any atom is 0.407 e. The van der Waals surface area contributed by atoms with Crippen LogP contribution in [0.3, 0.4) is 0 Å². The van der Waals surface area contributed by atoms with Crippen molar-refractivity contribution in [3.05, 3.63) is 46.2 Å². The summed E-state index contributed by atoms with van der Waals surface area (Å²) in [6, 6.07) is 10.0. The van der Waals surface area contributed by atoms with Gasteiger partial charge in [0.1, 0.15) is 5.60 Å². The van der Waals surface area contributed by atoms with Crippen LogP contribution < -0.4 is 10.6 Å². The zero-order valence-corrected chi connectivity index (χ0v) is 15.8. The minimum Gasteiger partial charge on any atom is -0.444 e. The van der Waals surface area contributed by atoms with Gasteiger partial charge in [-0.05, 0) is 44.7 Å². The van der Waals surface area contributed by atoms with Crippen LogP contribution in [0.2, 0.25) is 0 Å². The Labute approximate surface area is 152 Å². The summed E-state index contributed by atoms with van der Waals surface area (Å²) in [5.41, 5.74) is 2.58. The van der Waals surface area contributed by atoms with Crippen molar-refractivity contribution in [2.24, 2.45) is 0 Å². The molecule has 6 heteroatoms. The van der Waals surface area contributed by atoms with Crippen LogP contribution >= 0.6 is 11.3 Å². The van der Waals surface area contributed by atoms with Crippen LogP contribution in [0.4, 0.5) is 4.79 Å². The van der Waals surface area contributed by atoms with Crippen LogP contribution in [0.15, 0.2) is 35.7 Å². The second kappa shape index (κ2) is 8.16. The van der Waals surface area contributed by atoms with Crippen LogP contribution in [0, 0.1) is 6.92 Å². The van der Waals surface area contributed by atoms with Gasteiger partial charge in [-0.3, -0.25) is 4.79 Å². The monoisotopic (exact) mass is 360 g/mol. The summed E-state index contributed by atoms with van der Waals surface area (Å²) >= 11 is 1.40. The highest BCUT2D eigenvalue weighted by Crippen LogP contribution is 2.28. The minimum atomic E-state index is -0.534. The van der Waals surface area contributed by atoms with E-state index in [0.717, 1.165) is 11.1 Å². The van der Waals surface area contributed by atoms with Crippen molar-refractivity contribution >= 4 is 23.3 Å². The van der Waals surface area contributed by atoms with Gasteiger partial charge in [0, 0.05) is 18.7 Å². The van der Waals surface area contributed by atoms with Crippen molar-refractivity contribution < 1.29 is 14.3 Å². The second-order valence-electron chi connectivity index (χ2n) is 6.71. The number of benzene rings is 1. The smallest absolute Gasteiger partial charge is 0.407 e. The number of ether oxygens (including phenoxy) is 1. The van der Waals surface area contributed by atoms with Crippen LogP contribution in [0.5, 0.6) is 0 Å². The van der Waals surface area contributed by atoms with E-state index in [-0.39, 0.29) is 5.91 Å². The van der Waals surface area contributed by atoms with Crippen molar-refractivity contribution in [1.29, 1.82) is 0 Å². The Bertz CT molecular complexity index is 730. The average Bonchev–Trinajstić information content (AvgIpc) is 3.00. The highest BCUT2D eigenvalue weighted by atomic mass is 32.1. The van der Waals surface area contributed by atoms with E-state index in [1.54, 1.807) is 20.8 Å². The van der Waals surface area contributed by atoms with E-state index in [9.17, 15) is 9.59 Å². The van der Waals surface area contributed by atoms with E-state index < -0.39 is 11.7 Å². The van der Waals surface area contributed by atoms with Gasteiger partial charge >= 0.3 is 6.09 Å². The highest BCUT2D eigenvalue weighted by molar-refractivity contribution is 7.12. The predicted molar refractivity (Wildman–Crippen MR) is 101 cm³/mol. The van der Waals surface area contributed by atoms with Crippen molar-refractivity contribution in [2.45, 2.75) is 33.3 Å². The number of carbonyl (C=O) groups excluding carboxylic acids is 2. The zero-order chi connectivity index (χ0) is 18.4. The quantitative estimate of drug-likeness (QED) is 0.793. The second-order valence-corrected chi connectivity index (χ2v) is 7.63. The van der Waals surface area contributed by atoms with Gasteiger partial charge in [-0.25, -0.2) is 4.79 Å². The topological polar surface area (TPSA) is 67.4 Å². The Balaban J connectivity index is 1.87. The average molecular weight is 360 g/mol. The molecule has 2 aromatic rings. The SMILES string of the molecule is Cc1ccc(-c2ccsc2C(=O)NCCNC(=O)OC(C)(C)C)cc1. The molecule has 1 aromatic carbocycles. The largest absolute Gasteiger partial charge is 0.444 e. The maximum atomic E-state index is 12.4. The molecule has 0 spiro atoms. The fourth-order valence-corrected chi connectivity index (χ4v) is 3.01. The third-order valence-electron chi connectivity index (χ3n) is 3.31. The number of hydrogen-bond donors (Lipinski definition) is 2. The molecule has 0 fully saturated rings. The summed E-state index contributed by atoms with van der Waals surface area (Å²) in [5.74, 6) is -0.142. The number of carbonyl (C=O) groups is 2.